The smallest absolute Gasteiger partial charge is 0.256 e. The van der Waals surface area contributed by atoms with Crippen LogP contribution in [-0.2, 0) is 4.79 Å². The van der Waals surface area contributed by atoms with Crippen LogP contribution in [0.4, 0.5) is 4.39 Å². The van der Waals surface area contributed by atoms with E-state index in [2.05, 4.69) is 17.5 Å². The van der Waals surface area contributed by atoms with Crippen molar-refractivity contribution in [3.63, 3.8) is 0 Å². The van der Waals surface area contributed by atoms with Crippen LogP contribution in [0.25, 0.3) is 0 Å². The zero-order chi connectivity index (χ0) is 26.5. The molecule has 3 saturated carbocycles. The van der Waals surface area contributed by atoms with Crippen molar-refractivity contribution in [2.45, 2.75) is 88.1 Å². The number of rotatable bonds is 4. The van der Waals surface area contributed by atoms with Crippen LogP contribution in [0.15, 0.2) is 18.2 Å². The topological polar surface area (TPSA) is 81.9 Å². The Morgan fingerprint density at radius 2 is 1.66 bits per heavy atom. The van der Waals surface area contributed by atoms with E-state index in [-0.39, 0.29) is 17.4 Å². The van der Waals surface area contributed by atoms with E-state index in [1.165, 1.54) is 44.9 Å². The first-order valence-corrected chi connectivity index (χ1v) is 14.9. The Kier molecular flexibility index (Phi) is 7.02. The molecule has 0 bridgehead atoms. The molecule has 7 nitrogen and oxygen atoms in total. The van der Waals surface area contributed by atoms with Gasteiger partial charge in [-0.15, -0.1) is 0 Å². The molecule has 6 rings (SSSR count). The van der Waals surface area contributed by atoms with E-state index in [0.29, 0.717) is 43.6 Å². The maximum Gasteiger partial charge on any atom is 0.256 e. The van der Waals surface area contributed by atoms with Crippen LogP contribution in [0.5, 0.6) is 0 Å². The van der Waals surface area contributed by atoms with Gasteiger partial charge in [0.1, 0.15) is 5.82 Å². The largest absolute Gasteiger partial charge is 0.338 e. The summed E-state index contributed by atoms with van der Waals surface area (Å²) in [5.74, 6) is 0.356. The fraction of sp³-hybridized carbons (Fsp3) is 0.733. The minimum Gasteiger partial charge on any atom is -0.338 e. The van der Waals surface area contributed by atoms with Crippen LogP contribution in [-0.4, -0.2) is 78.0 Å². The number of piperazine rings is 1. The monoisotopic (exact) mass is 525 g/mol. The van der Waals surface area contributed by atoms with Crippen molar-refractivity contribution in [1.82, 2.24) is 20.2 Å². The second-order valence-corrected chi connectivity index (χ2v) is 12.8. The molecule has 3 N–H and O–H groups in total. The number of carbonyl (C=O) groups is 2. The molecule has 3 atom stereocenters. The Hall–Kier alpha value is -2.03. The number of hydrogen-bond acceptors (Lipinski definition) is 5. The second kappa shape index (κ2) is 10.2. The number of amides is 2. The van der Waals surface area contributed by atoms with Gasteiger partial charge >= 0.3 is 0 Å². The fourth-order valence-corrected chi connectivity index (χ4v) is 8.05. The molecule has 38 heavy (non-hydrogen) atoms. The van der Waals surface area contributed by atoms with Gasteiger partial charge in [-0.05, 0) is 74.5 Å². The Balaban J connectivity index is 1.11. The number of halogens is 1. The summed E-state index contributed by atoms with van der Waals surface area (Å²) in [6, 6.07) is 5.75. The van der Waals surface area contributed by atoms with E-state index < -0.39 is 11.4 Å². The summed E-state index contributed by atoms with van der Waals surface area (Å²) in [4.78, 5) is 29.1. The highest BCUT2D eigenvalue weighted by molar-refractivity contribution is 5.95. The number of hydrogen-bond donors (Lipinski definition) is 2. The van der Waals surface area contributed by atoms with Crippen molar-refractivity contribution in [3.8, 4) is 0 Å². The first kappa shape index (κ1) is 26.2. The summed E-state index contributed by atoms with van der Waals surface area (Å²) in [6.45, 7) is 2.80. The van der Waals surface area contributed by atoms with E-state index in [4.69, 9.17) is 5.73 Å². The molecular formula is C30H44FN5O2. The van der Waals surface area contributed by atoms with Crippen molar-refractivity contribution in [1.29, 1.82) is 0 Å². The molecule has 3 unspecified atom stereocenters. The number of carbonyl (C=O) groups excluding carboxylic acids is 2. The standard InChI is InChI=1S/C30H44FN5O2/c1-34-26-19-22(10-11-29(26,20-33-34)23-6-4-2-3-5-7-23)21-8-9-24(25(31)18-21)27(37)35-14-16-36(17-15-35)28(38)30(32)12-13-30/h8-9,18,22-23,26,33H,2-7,10-17,19-20,32H2,1H3. The van der Waals surface area contributed by atoms with Gasteiger partial charge in [0, 0.05) is 51.2 Å². The maximum atomic E-state index is 15.4. The quantitative estimate of drug-likeness (QED) is 0.587. The molecule has 3 aliphatic carbocycles. The molecule has 1 aromatic carbocycles. The third-order valence-corrected chi connectivity index (χ3v) is 10.7. The van der Waals surface area contributed by atoms with Gasteiger partial charge in [-0.1, -0.05) is 31.7 Å². The van der Waals surface area contributed by atoms with E-state index in [0.717, 1.165) is 43.7 Å². The second-order valence-electron chi connectivity index (χ2n) is 12.8. The molecule has 0 aromatic heterocycles. The van der Waals surface area contributed by atoms with Crippen LogP contribution >= 0.6 is 0 Å². The molecule has 0 radical (unpaired) electrons. The lowest BCUT2D eigenvalue weighted by molar-refractivity contribution is -0.135. The van der Waals surface area contributed by atoms with Crippen LogP contribution in [0.3, 0.4) is 0 Å². The average Bonchev–Trinajstić information content (AvgIpc) is 3.68. The molecule has 2 saturated heterocycles. The predicted molar refractivity (Wildman–Crippen MR) is 145 cm³/mol. The minimum atomic E-state index is -0.689. The zero-order valence-corrected chi connectivity index (χ0v) is 22.9. The lowest BCUT2D eigenvalue weighted by atomic mass is 9.59. The molecule has 5 fully saturated rings. The number of nitrogens with two attached hydrogens (primary N) is 1. The van der Waals surface area contributed by atoms with E-state index >= 15 is 4.39 Å². The molecule has 208 valence electrons. The highest BCUT2D eigenvalue weighted by Crippen LogP contribution is 2.54. The first-order valence-electron chi connectivity index (χ1n) is 14.9. The van der Waals surface area contributed by atoms with E-state index in [1.54, 1.807) is 21.9 Å². The summed E-state index contributed by atoms with van der Waals surface area (Å²) in [5, 5.41) is 2.34. The molecular weight excluding hydrogens is 481 g/mol. The van der Waals surface area contributed by atoms with E-state index in [9.17, 15) is 9.59 Å². The van der Waals surface area contributed by atoms with Crippen LogP contribution < -0.4 is 11.2 Å². The molecule has 2 aliphatic heterocycles. The number of nitrogens with zero attached hydrogens (tertiary/aromatic N) is 3. The number of nitrogens with one attached hydrogen (secondary N) is 1. The normalized spacial score (nSPS) is 32.1. The van der Waals surface area contributed by atoms with E-state index in [1.807, 2.05) is 6.07 Å². The number of hydrazine groups is 1. The highest BCUT2D eigenvalue weighted by Gasteiger charge is 2.53. The number of benzene rings is 1. The maximum absolute atomic E-state index is 15.4. The molecule has 5 aliphatic rings. The molecule has 2 heterocycles. The average molecular weight is 526 g/mol. The lowest BCUT2D eigenvalue weighted by Crippen LogP contribution is -2.55. The van der Waals surface area contributed by atoms with Crippen LogP contribution in [0.2, 0.25) is 0 Å². The van der Waals surface area contributed by atoms with Gasteiger partial charge in [-0.25, -0.2) is 9.40 Å². The summed E-state index contributed by atoms with van der Waals surface area (Å²) in [6.07, 6.45) is 12.9. The lowest BCUT2D eigenvalue weighted by Gasteiger charge is -2.48. The molecule has 0 spiro atoms. The predicted octanol–water partition coefficient (Wildman–Crippen LogP) is 3.64. The Bertz CT molecular complexity index is 1060. The SMILES string of the molecule is CN1NCC2(C3CCCCCC3)CCC(c3ccc(C(=O)N4CCN(C(=O)C5(N)CC5)CC4)c(F)c3)CC12. The summed E-state index contributed by atoms with van der Waals surface area (Å²) < 4.78 is 15.4. The van der Waals surface area contributed by atoms with Crippen molar-refractivity contribution in [3.05, 3.63) is 35.1 Å². The van der Waals surface area contributed by atoms with Crippen LogP contribution in [0, 0.1) is 17.2 Å². The number of fused-ring (bicyclic) bond motifs is 1. The van der Waals surface area contributed by atoms with Gasteiger partial charge in [-0.2, -0.15) is 0 Å². The Morgan fingerprint density at radius 3 is 2.32 bits per heavy atom. The zero-order valence-electron chi connectivity index (χ0n) is 22.9. The highest BCUT2D eigenvalue weighted by atomic mass is 19.1. The van der Waals surface area contributed by atoms with Gasteiger partial charge in [-0.3, -0.25) is 15.0 Å². The van der Waals surface area contributed by atoms with Gasteiger partial charge < -0.3 is 15.5 Å². The van der Waals surface area contributed by atoms with Crippen molar-refractivity contribution in [2.24, 2.45) is 17.1 Å². The minimum absolute atomic E-state index is 0.0150. The summed E-state index contributed by atoms with van der Waals surface area (Å²) >= 11 is 0. The summed E-state index contributed by atoms with van der Waals surface area (Å²) in [7, 11) is 2.18. The van der Waals surface area contributed by atoms with Gasteiger partial charge in [0.05, 0.1) is 11.1 Å². The third kappa shape index (κ3) is 4.66. The fourth-order valence-electron chi connectivity index (χ4n) is 8.05. The first-order chi connectivity index (χ1) is 18.3. The summed E-state index contributed by atoms with van der Waals surface area (Å²) in [5.41, 5.74) is 10.5. The van der Waals surface area contributed by atoms with Crippen molar-refractivity contribution in [2.75, 3.05) is 39.8 Å². The van der Waals surface area contributed by atoms with Crippen molar-refractivity contribution >= 4 is 11.8 Å². The van der Waals surface area contributed by atoms with Crippen LogP contribution in [0.1, 0.15) is 92.5 Å². The molecule has 1 aromatic rings. The molecule has 8 heteroatoms. The van der Waals surface area contributed by atoms with Gasteiger partial charge in [0.25, 0.3) is 5.91 Å². The Labute approximate surface area is 226 Å². The van der Waals surface area contributed by atoms with Gasteiger partial charge in [0.2, 0.25) is 5.91 Å². The Morgan fingerprint density at radius 1 is 0.974 bits per heavy atom. The third-order valence-electron chi connectivity index (χ3n) is 10.7. The van der Waals surface area contributed by atoms with Crippen molar-refractivity contribution < 1.29 is 14.0 Å². The molecule has 2 amide bonds. The van der Waals surface area contributed by atoms with Gasteiger partial charge in [0.15, 0.2) is 0 Å².